The average Bonchev–Trinajstić information content (AvgIpc) is 2.37. The van der Waals surface area contributed by atoms with E-state index in [9.17, 15) is 4.79 Å². The first-order chi connectivity index (χ1) is 7.15. The second-order valence-corrected chi connectivity index (χ2v) is 6.16. The van der Waals surface area contributed by atoms with Crippen molar-refractivity contribution >= 4 is 6.09 Å². The molecule has 1 fully saturated rings. The summed E-state index contributed by atoms with van der Waals surface area (Å²) < 4.78 is 5.36. The third-order valence-corrected chi connectivity index (χ3v) is 2.83. The van der Waals surface area contributed by atoms with Gasteiger partial charge in [0.15, 0.2) is 0 Å². The van der Waals surface area contributed by atoms with E-state index in [2.05, 4.69) is 0 Å². The molecule has 1 amide bonds. The summed E-state index contributed by atoms with van der Waals surface area (Å²) in [6, 6.07) is 0. The van der Waals surface area contributed by atoms with Gasteiger partial charge in [0, 0.05) is 24.6 Å². The predicted octanol–water partition coefficient (Wildman–Crippen LogP) is 2.01. The van der Waals surface area contributed by atoms with E-state index in [4.69, 9.17) is 9.84 Å². The van der Waals surface area contributed by atoms with Crippen molar-refractivity contribution in [1.29, 1.82) is 0 Å². The fourth-order valence-corrected chi connectivity index (χ4v) is 2.15. The predicted molar refractivity (Wildman–Crippen MR) is 62.2 cm³/mol. The number of nitrogens with zero attached hydrogens (tertiary/aromatic N) is 1. The standard InChI is InChI=1S/C12H23NO3/c1-11(2,3)16-10(15)13-7-9(8-14)6-12(13,4)5/h9,14H,6-8H2,1-5H3/t9-/m0/s1. The molecular formula is C12H23NO3. The van der Waals surface area contributed by atoms with Gasteiger partial charge >= 0.3 is 6.09 Å². The molecule has 0 unspecified atom stereocenters. The molecule has 1 rings (SSSR count). The van der Waals surface area contributed by atoms with Gasteiger partial charge in [0.1, 0.15) is 5.60 Å². The SMILES string of the molecule is CC(C)(C)OC(=O)N1C[C@@H](CO)CC1(C)C. The van der Waals surface area contributed by atoms with Crippen LogP contribution in [0.4, 0.5) is 4.79 Å². The Labute approximate surface area is 97.6 Å². The van der Waals surface area contributed by atoms with E-state index in [-0.39, 0.29) is 24.2 Å². The molecule has 0 aromatic heterocycles. The third kappa shape index (κ3) is 3.11. The number of amides is 1. The molecule has 4 heteroatoms. The van der Waals surface area contributed by atoms with Crippen molar-refractivity contribution in [3.63, 3.8) is 0 Å². The molecule has 0 aromatic carbocycles. The van der Waals surface area contributed by atoms with Crippen molar-refractivity contribution in [2.24, 2.45) is 5.92 Å². The van der Waals surface area contributed by atoms with E-state index in [1.807, 2.05) is 34.6 Å². The fraction of sp³-hybridized carbons (Fsp3) is 0.917. The van der Waals surface area contributed by atoms with Gasteiger partial charge in [-0.1, -0.05) is 0 Å². The van der Waals surface area contributed by atoms with Crippen LogP contribution in [-0.2, 0) is 4.74 Å². The van der Waals surface area contributed by atoms with Gasteiger partial charge in [-0.15, -0.1) is 0 Å². The summed E-state index contributed by atoms with van der Waals surface area (Å²) in [4.78, 5) is 13.7. The first-order valence-electron chi connectivity index (χ1n) is 5.77. The van der Waals surface area contributed by atoms with E-state index >= 15 is 0 Å². The minimum absolute atomic E-state index is 0.128. The number of likely N-dealkylation sites (tertiary alicyclic amines) is 1. The van der Waals surface area contributed by atoms with Crippen molar-refractivity contribution in [3.8, 4) is 0 Å². The van der Waals surface area contributed by atoms with Gasteiger partial charge < -0.3 is 14.7 Å². The number of hydrogen-bond acceptors (Lipinski definition) is 3. The monoisotopic (exact) mass is 229 g/mol. The van der Waals surface area contributed by atoms with Crippen LogP contribution in [0.15, 0.2) is 0 Å². The van der Waals surface area contributed by atoms with Gasteiger partial charge in [-0.05, 0) is 41.0 Å². The van der Waals surface area contributed by atoms with Crippen LogP contribution in [-0.4, -0.2) is 40.4 Å². The first kappa shape index (κ1) is 13.3. The summed E-state index contributed by atoms with van der Waals surface area (Å²) in [7, 11) is 0. The Bertz CT molecular complexity index is 268. The highest BCUT2D eigenvalue weighted by molar-refractivity contribution is 5.69. The third-order valence-electron chi connectivity index (χ3n) is 2.83. The lowest BCUT2D eigenvalue weighted by atomic mass is 9.97. The summed E-state index contributed by atoms with van der Waals surface area (Å²) in [5, 5.41) is 9.15. The maximum atomic E-state index is 12.0. The highest BCUT2D eigenvalue weighted by Gasteiger charge is 2.42. The van der Waals surface area contributed by atoms with E-state index in [1.54, 1.807) is 4.90 Å². The van der Waals surface area contributed by atoms with Crippen LogP contribution in [0.3, 0.4) is 0 Å². The van der Waals surface area contributed by atoms with Crippen LogP contribution < -0.4 is 0 Å². The van der Waals surface area contributed by atoms with Crippen LogP contribution in [0.25, 0.3) is 0 Å². The molecule has 1 aliphatic heterocycles. The van der Waals surface area contributed by atoms with E-state index < -0.39 is 5.60 Å². The van der Waals surface area contributed by atoms with E-state index in [1.165, 1.54) is 0 Å². The number of rotatable bonds is 1. The van der Waals surface area contributed by atoms with Gasteiger partial charge in [-0.3, -0.25) is 0 Å². The normalized spacial score (nSPS) is 24.6. The molecule has 0 saturated carbocycles. The quantitative estimate of drug-likeness (QED) is 0.748. The molecular weight excluding hydrogens is 206 g/mol. The number of aliphatic hydroxyl groups is 1. The van der Waals surface area contributed by atoms with Gasteiger partial charge in [0.05, 0.1) is 0 Å². The molecule has 1 heterocycles. The molecule has 0 aromatic rings. The highest BCUT2D eigenvalue weighted by Crippen LogP contribution is 2.33. The smallest absolute Gasteiger partial charge is 0.410 e. The number of aliphatic hydroxyl groups excluding tert-OH is 1. The Kier molecular flexibility index (Phi) is 3.53. The van der Waals surface area contributed by atoms with E-state index in [0.717, 1.165) is 6.42 Å². The molecule has 94 valence electrons. The maximum absolute atomic E-state index is 12.0. The summed E-state index contributed by atoms with van der Waals surface area (Å²) in [5.41, 5.74) is -0.694. The molecule has 0 aliphatic carbocycles. The van der Waals surface area contributed by atoms with Gasteiger partial charge in [0.25, 0.3) is 0 Å². The van der Waals surface area contributed by atoms with E-state index in [0.29, 0.717) is 6.54 Å². The molecule has 0 spiro atoms. The van der Waals surface area contributed by atoms with Crippen molar-refractivity contribution in [1.82, 2.24) is 4.90 Å². The van der Waals surface area contributed by atoms with Crippen LogP contribution in [0.1, 0.15) is 41.0 Å². The molecule has 1 saturated heterocycles. The lowest BCUT2D eigenvalue weighted by molar-refractivity contribution is 0.0129. The molecule has 1 N–H and O–H groups in total. The maximum Gasteiger partial charge on any atom is 0.410 e. The lowest BCUT2D eigenvalue weighted by Crippen LogP contribution is -2.45. The topological polar surface area (TPSA) is 49.8 Å². The molecule has 0 bridgehead atoms. The van der Waals surface area contributed by atoms with Crippen molar-refractivity contribution < 1.29 is 14.6 Å². The zero-order chi connectivity index (χ0) is 12.6. The molecule has 16 heavy (non-hydrogen) atoms. The second kappa shape index (κ2) is 4.24. The second-order valence-electron chi connectivity index (χ2n) is 6.16. The minimum atomic E-state index is -0.468. The van der Waals surface area contributed by atoms with Crippen LogP contribution in [0, 0.1) is 5.92 Å². The van der Waals surface area contributed by atoms with Gasteiger partial charge in [-0.2, -0.15) is 0 Å². The highest BCUT2D eigenvalue weighted by atomic mass is 16.6. The zero-order valence-electron chi connectivity index (χ0n) is 10.9. The minimum Gasteiger partial charge on any atom is -0.444 e. The van der Waals surface area contributed by atoms with Crippen molar-refractivity contribution in [3.05, 3.63) is 0 Å². The fourth-order valence-electron chi connectivity index (χ4n) is 2.15. The lowest BCUT2D eigenvalue weighted by Gasteiger charge is -2.33. The molecule has 0 radical (unpaired) electrons. The zero-order valence-corrected chi connectivity index (χ0v) is 10.9. The summed E-state index contributed by atoms with van der Waals surface area (Å²) >= 11 is 0. The molecule has 1 atom stereocenters. The van der Waals surface area contributed by atoms with Gasteiger partial charge in [0.2, 0.25) is 0 Å². The first-order valence-corrected chi connectivity index (χ1v) is 5.77. The van der Waals surface area contributed by atoms with Gasteiger partial charge in [-0.25, -0.2) is 4.79 Å². The van der Waals surface area contributed by atoms with Crippen LogP contribution >= 0.6 is 0 Å². The van der Waals surface area contributed by atoms with Crippen LogP contribution in [0.5, 0.6) is 0 Å². The summed E-state index contributed by atoms with van der Waals surface area (Å²) in [6.07, 6.45) is 0.538. The summed E-state index contributed by atoms with van der Waals surface area (Å²) in [6.45, 7) is 10.3. The number of ether oxygens (including phenoxy) is 1. The Morgan fingerprint density at radius 1 is 1.50 bits per heavy atom. The summed E-state index contributed by atoms with van der Waals surface area (Å²) in [5.74, 6) is 0.169. The Balaban J connectivity index is 2.69. The number of hydrogen-bond donors (Lipinski definition) is 1. The molecule has 1 aliphatic rings. The largest absolute Gasteiger partial charge is 0.444 e. The van der Waals surface area contributed by atoms with Crippen LogP contribution in [0.2, 0.25) is 0 Å². The number of carbonyl (C=O) groups is 1. The Hall–Kier alpha value is -0.770. The number of carbonyl (C=O) groups excluding carboxylic acids is 1. The molecule has 4 nitrogen and oxygen atoms in total. The Morgan fingerprint density at radius 3 is 2.44 bits per heavy atom. The van der Waals surface area contributed by atoms with Crippen molar-refractivity contribution in [2.45, 2.75) is 52.2 Å². The Morgan fingerprint density at radius 2 is 2.06 bits per heavy atom. The average molecular weight is 229 g/mol. The van der Waals surface area contributed by atoms with Crippen molar-refractivity contribution in [2.75, 3.05) is 13.2 Å².